The van der Waals surface area contributed by atoms with Crippen molar-refractivity contribution in [3.05, 3.63) is 22.4 Å². The third-order valence-electron chi connectivity index (χ3n) is 3.86. The molecule has 6 heteroatoms. The van der Waals surface area contributed by atoms with Crippen LogP contribution in [-0.2, 0) is 14.3 Å². The molecule has 1 aromatic heterocycles. The molecule has 2 amide bonds. The van der Waals surface area contributed by atoms with Crippen LogP contribution < -0.4 is 5.32 Å². The minimum absolute atomic E-state index is 0.0313. The predicted octanol–water partition coefficient (Wildman–Crippen LogP) is 1.81. The maximum Gasteiger partial charge on any atom is 0.225 e. The van der Waals surface area contributed by atoms with Crippen LogP contribution in [0.2, 0.25) is 0 Å². The van der Waals surface area contributed by atoms with Gasteiger partial charge < -0.3 is 15.0 Å². The maximum absolute atomic E-state index is 12.4. The van der Waals surface area contributed by atoms with Gasteiger partial charge in [0.15, 0.2) is 0 Å². The Hall–Kier alpha value is -1.40. The van der Waals surface area contributed by atoms with Crippen LogP contribution in [0.25, 0.3) is 0 Å². The molecule has 5 nitrogen and oxygen atoms in total. The van der Waals surface area contributed by atoms with Gasteiger partial charge in [0.25, 0.3) is 0 Å². The Morgan fingerprint density at radius 3 is 3.05 bits per heavy atom. The lowest BCUT2D eigenvalue weighted by atomic mass is 9.87. The molecule has 1 aliphatic rings. The van der Waals surface area contributed by atoms with Crippen LogP contribution in [0, 0.1) is 5.92 Å². The van der Waals surface area contributed by atoms with E-state index in [4.69, 9.17) is 4.74 Å². The second kappa shape index (κ2) is 7.56. The molecule has 0 spiro atoms. The summed E-state index contributed by atoms with van der Waals surface area (Å²) in [5.41, 5.74) is 0. The fraction of sp³-hybridized carbons (Fsp3) is 0.600. The smallest absolute Gasteiger partial charge is 0.225 e. The summed E-state index contributed by atoms with van der Waals surface area (Å²) in [7, 11) is 3.44. The van der Waals surface area contributed by atoms with Gasteiger partial charge in [-0.05, 0) is 24.3 Å². The van der Waals surface area contributed by atoms with E-state index >= 15 is 0 Å². The Bertz CT molecular complexity index is 475. The number of nitrogens with zero attached hydrogens (tertiary/aromatic N) is 1. The molecule has 0 radical (unpaired) electrons. The van der Waals surface area contributed by atoms with Gasteiger partial charge in [-0.2, -0.15) is 0 Å². The first-order valence-corrected chi connectivity index (χ1v) is 8.09. The standard InChI is InChI=1S/C15H22N2O3S/c1-17-13(18)7-6-11(14(17)12-5-3-10-21-12)15(19)16-8-4-9-20-2/h3,5,10-11,14H,4,6-9H2,1-2H3,(H,16,19)/t11-,14-/m1/s1. The van der Waals surface area contributed by atoms with Gasteiger partial charge in [0.2, 0.25) is 11.8 Å². The number of amides is 2. The molecule has 2 heterocycles. The Labute approximate surface area is 129 Å². The van der Waals surface area contributed by atoms with Crippen molar-refractivity contribution >= 4 is 23.2 Å². The molecule has 0 aromatic carbocycles. The van der Waals surface area contributed by atoms with Crippen LogP contribution in [0.4, 0.5) is 0 Å². The topological polar surface area (TPSA) is 58.6 Å². The lowest BCUT2D eigenvalue weighted by Crippen LogP contribution is -2.46. The second-order valence-corrected chi connectivity index (χ2v) is 6.23. The number of methoxy groups -OCH3 is 1. The van der Waals surface area contributed by atoms with Gasteiger partial charge in [-0.3, -0.25) is 9.59 Å². The Morgan fingerprint density at radius 2 is 2.38 bits per heavy atom. The van der Waals surface area contributed by atoms with Crippen molar-refractivity contribution in [2.45, 2.75) is 25.3 Å². The highest BCUT2D eigenvalue weighted by atomic mass is 32.1. The minimum Gasteiger partial charge on any atom is -0.385 e. The van der Waals surface area contributed by atoms with Gasteiger partial charge in [-0.15, -0.1) is 11.3 Å². The fourth-order valence-corrected chi connectivity index (χ4v) is 3.65. The van der Waals surface area contributed by atoms with Crippen LogP contribution in [0.1, 0.15) is 30.2 Å². The molecule has 1 N–H and O–H groups in total. The number of thiophene rings is 1. The van der Waals surface area contributed by atoms with E-state index in [9.17, 15) is 9.59 Å². The molecule has 0 aliphatic carbocycles. The summed E-state index contributed by atoms with van der Waals surface area (Å²) in [6, 6.07) is 3.81. The van der Waals surface area contributed by atoms with E-state index in [1.807, 2.05) is 17.5 Å². The van der Waals surface area contributed by atoms with E-state index in [1.165, 1.54) is 0 Å². The van der Waals surface area contributed by atoms with E-state index < -0.39 is 0 Å². The largest absolute Gasteiger partial charge is 0.385 e. The Kier molecular flexibility index (Phi) is 5.76. The van der Waals surface area contributed by atoms with Crippen molar-refractivity contribution in [1.29, 1.82) is 0 Å². The zero-order valence-corrected chi connectivity index (χ0v) is 13.3. The van der Waals surface area contributed by atoms with Crippen LogP contribution in [0.15, 0.2) is 17.5 Å². The highest BCUT2D eigenvalue weighted by molar-refractivity contribution is 7.10. The number of piperidine rings is 1. The molecule has 116 valence electrons. The lowest BCUT2D eigenvalue weighted by Gasteiger charge is -2.37. The van der Waals surface area contributed by atoms with E-state index in [2.05, 4.69) is 5.32 Å². The van der Waals surface area contributed by atoms with Gasteiger partial charge in [0.1, 0.15) is 0 Å². The summed E-state index contributed by atoms with van der Waals surface area (Å²) in [6.45, 7) is 1.25. The van der Waals surface area contributed by atoms with Crippen LogP contribution in [-0.4, -0.2) is 44.0 Å². The normalized spacial score (nSPS) is 22.4. The average molecular weight is 310 g/mol. The quantitative estimate of drug-likeness (QED) is 0.815. The lowest BCUT2D eigenvalue weighted by molar-refractivity contribution is -0.141. The summed E-state index contributed by atoms with van der Waals surface area (Å²) >= 11 is 1.59. The summed E-state index contributed by atoms with van der Waals surface area (Å²) in [5, 5.41) is 4.94. The zero-order valence-electron chi connectivity index (χ0n) is 12.5. The fourth-order valence-electron chi connectivity index (χ4n) is 2.72. The summed E-state index contributed by atoms with van der Waals surface area (Å²) in [6.07, 6.45) is 1.85. The number of ether oxygens (including phenoxy) is 1. The van der Waals surface area contributed by atoms with E-state index in [-0.39, 0.29) is 23.8 Å². The average Bonchev–Trinajstić information content (AvgIpc) is 3.00. The second-order valence-electron chi connectivity index (χ2n) is 5.25. The van der Waals surface area contributed by atoms with E-state index in [0.717, 1.165) is 11.3 Å². The molecular formula is C15H22N2O3S. The Morgan fingerprint density at radius 1 is 1.57 bits per heavy atom. The Balaban J connectivity index is 2.05. The van der Waals surface area contributed by atoms with Gasteiger partial charge in [0.05, 0.1) is 12.0 Å². The third-order valence-corrected chi connectivity index (χ3v) is 4.80. The number of carbonyl (C=O) groups excluding carboxylic acids is 2. The molecule has 1 fully saturated rings. The number of carbonyl (C=O) groups is 2. The molecule has 2 rings (SSSR count). The summed E-state index contributed by atoms with van der Waals surface area (Å²) in [4.78, 5) is 27.2. The SMILES string of the molecule is COCCCNC(=O)[C@@H]1CCC(=O)N(C)[C@H]1c1cccs1. The van der Waals surface area contributed by atoms with Gasteiger partial charge in [-0.1, -0.05) is 6.07 Å². The molecule has 21 heavy (non-hydrogen) atoms. The molecule has 0 unspecified atom stereocenters. The molecule has 1 aliphatic heterocycles. The van der Waals surface area contributed by atoms with Crippen molar-refractivity contribution in [3.63, 3.8) is 0 Å². The van der Waals surface area contributed by atoms with E-state index in [1.54, 1.807) is 30.4 Å². The summed E-state index contributed by atoms with van der Waals surface area (Å²) < 4.78 is 4.98. The first-order chi connectivity index (χ1) is 10.1. The number of nitrogens with one attached hydrogen (secondary N) is 1. The van der Waals surface area contributed by atoms with Crippen molar-refractivity contribution in [2.75, 3.05) is 27.3 Å². The highest BCUT2D eigenvalue weighted by Gasteiger charge is 2.39. The maximum atomic E-state index is 12.4. The third kappa shape index (κ3) is 3.83. The van der Waals surface area contributed by atoms with Crippen LogP contribution in [0.3, 0.4) is 0 Å². The van der Waals surface area contributed by atoms with E-state index in [0.29, 0.717) is 26.0 Å². The number of hydrogen-bond donors (Lipinski definition) is 1. The molecule has 0 bridgehead atoms. The van der Waals surface area contributed by atoms with Crippen molar-refractivity contribution < 1.29 is 14.3 Å². The molecule has 1 aromatic rings. The zero-order chi connectivity index (χ0) is 15.2. The monoisotopic (exact) mass is 310 g/mol. The van der Waals surface area contributed by atoms with Gasteiger partial charge in [-0.25, -0.2) is 0 Å². The van der Waals surface area contributed by atoms with Crippen molar-refractivity contribution in [2.24, 2.45) is 5.92 Å². The first-order valence-electron chi connectivity index (χ1n) is 7.21. The number of hydrogen-bond acceptors (Lipinski definition) is 4. The van der Waals surface area contributed by atoms with Crippen molar-refractivity contribution in [1.82, 2.24) is 10.2 Å². The van der Waals surface area contributed by atoms with Crippen LogP contribution >= 0.6 is 11.3 Å². The number of rotatable bonds is 6. The summed E-state index contributed by atoms with van der Waals surface area (Å²) in [5.74, 6) is -0.0328. The van der Waals surface area contributed by atoms with Gasteiger partial charge >= 0.3 is 0 Å². The highest BCUT2D eigenvalue weighted by Crippen LogP contribution is 2.37. The molecule has 2 atom stereocenters. The van der Waals surface area contributed by atoms with Crippen LogP contribution in [0.5, 0.6) is 0 Å². The van der Waals surface area contributed by atoms with Gasteiger partial charge in [0, 0.05) is 38.6 Å². The first kappa shape index (κ1) is 16.0. The molecule has 1 saturated heterocycles. The molecule has 0 saturated carbocycles. The van der Waals surface area contributed by atoms with Crippen molar-refractivity contribution in [3.8, 4) is 0 Å². The number of likely N-dealkylation sites (tertiary alicyclic amines) is 1. The molecular weight excluding hydrogens is 288 g/mol. The predicted molar refractivity (Wildman–Crippen MR) is 82.1 cm³/mol. The minimum atomic E-state index is -0.172.